The molecule has 0 nitrogen and oxygen atoms in total. The van der Waals surface area contributed by atoms with Crippen LogP contribution in [-0.2, 0) is 6.42 Å². The minimum Gasteiger partial charge on any atom is -0.0683 e. The first-order valence-corrected chi connectivity index (χ1v) is 19.3. The summed E-state index contributed by atoms with van der Waals surface area (Å²) in [6, 6.07) is 20.7. The van der Waals surface area contributed by atoms with E-state index in [1.54, 1.807) is 0 Å². The molecular formula is C46H96. The highest BCUT2D eigenvalue weighted by Crippen LogP contribution is 2.16. The van der Waals surface area contributed by atoms with Gasteiger partial charge in [-0.15, -0.1) is 0 Å². The van der Waals surface area contributed by atoms with Gasteiger partial charge in [-0.2, -0.15) is 0 Å². The lowest BCUT2D eigenvalue weighted by atomic mass is 9.94. The molecule has 280 valence electrons. The van der Waals surface area contributed by atoms with E-state index in [1.165, 1.54) is 43.2 Å². The maximum atomic E-state index is 2.24. The minimum atomic E-state index is 0.500. The molecule has 2 aromatic rings. The Labute approximate surface area is 298 Å². The van der Waals surface area contributed by atoms with Crippen LogP contribution in [0.1, 0.15) is 202 Å². The molecule has 0 aliphatic heterocycles. The predicted octanol–water partition coefficient (Wildman–Crippen LogP) is 17.7. The lowest BCUT2D eigenvalue weighted by Gasteiger charge is -2.12. The van der Waals surface area contributed by atoms with E-state index in [0.717, 1.165) is 18.3 Å². The number of hydrogen-bond donors (Lipinski definition) is 0. The van der Waals surface area contributed by atoms with Crippen molar-refractivity contribution in [2.24, 2.45) is 22.7 Å². The van der Waals surface area contributed by atoms with Crippen LogP contribution in [0.5, 0.6) is 0 Å². The van der Waals surface area contributed by atoms with E-state index in [-0.39, 0.29) is 0 Å². The van der Waals surface area contributed by atoms with Crippen molar-refractivity contribution in [3.8, 4) is 0 Å². The van der Waals surface area contributed by atoms with Gasteiger partial charge in [0.05, 0.1) is 0 Å². The molecule has 0 spiro atoms. The average Bonchev–Trinajstić information content (AvgIpc) is 3.00. The largest absolute Gasteiger partial charge is 0.0683 e. The summed E-state index contributed by atoms with van der Waals surface area (Å²) in [6.07, 6.45) is 7.60. The molecule has 0 saturated heterocycles. The third-order valence-electron chi connectivity index (χ3n) is 4.57. The van der Waals surface area contributed by atoms with Crippen LogP contribution in [-0.4, -0.2) is 0 Å². The zero-order valence-electron chi connectivity index (χ0n) is 37.2. The first-order valence-electron chi connectivity index (χ1n) is 19.3. The first kappa shape index (κ1) is 63.2. The highest BCUT2D eigenvalue weighted by molar-refractivity contribution is 5.14. The van der Waals surface area contributed by atoms with Crippen LogP contribution in [0.4, 0.5) is 0 Å². The van der Waals surface area contributed by atoms with Crippen molar-refractivity contribution in [3.05, 3.63) is 71.8 Å². The molecule has 0 radical (unpaired) electrons. The lowest BCUT2D eigenvalue weighted by molar-refractivity contribution is 0.398. The van der Waals surface area contributed by atoms with Crippen LogP contribution in [0.25, 0.3) is 0 Å². The zero-order valence-corrected chi connectivity index (χ0v) is 37.2. The van der Waals surface area contributed by atoms with E-state index in [1.807, 2.05) is 52.0 Å². The molecule has 0 unspecified atom stereocenters. The number of benzene rings is 2. The molecular weight excluding hydrogens is 553 g/mol. The number of rotatable bonds is 3. The summed E-state index contributed by atoms with van der Waals surface area (Å²) >= 11 is 0. The molecule has 46 heavy (non-hydrogen) atoms. The third kappa shape index (κ3) is 145. The summed E-state index contributed by atoms with van der Waals surface area (Å²) in [5, 5.41) is 0. The Morgan fingerprint density at radius 1 is 0.522 bits per heavy atom. The van der Waals surface area contributed by atoms with Gasteiger partial charge in [0.25, 0.3) is 0 Å². The summed E-state index contributed by atoms with van der Waals surface area (Å²) in [7, 11) is 0. The van der Waals surface area contributed by atoms with Gasteiger partial charge < -0.3 is 0 Å². The normalized spacial score (nSPS) is 8.91. The highest BCUT2D eigenvalue weighted by atomic mass is 14.1. The molecule has 0 fully saturated rings. The van der Waals surface area contributed by atoms with E-state index in [9.17, 15) is 0 Å². The average molecular weight is 649 g/mol. The molecule has 0 aliphatic carbocycles. The maximum absolute atomic E-state index is 2.24. The van der Waals surface area contributed by atoms with E-state index >= 15 is 0 Å². The van der Waals surface area contributed by atoms with Gasteiger partial charge in [0.2, 0.25) is 0 Å². The third-order valence-corrected chi connectivity index (χ3v) is 4.57. The van der Waals surface area contributed by atoms with E-state index in [0.29, 0.717) is 10.8 Å². The minimum absolute atomic E-state index is 0.500. The van der Waals surface area contributed by atoms with E-state index < -0.39 is 0 Å². The van der Waals surface area contributed by atoms with Crippen LogP contribution in [0.15, 0.2) is 60.7 Å². The molecule has 0 heterocycles. The molecule has 0 heteroatoms. The molecule has 0 aromatic heterocycles. The second kappa shape index (κ2) is 53.0. The first-order chi connectivity index (χ1) is 21.2. The van der Waals surface area contributed by atoms with Gasteiger partial charge in [0.15, 0.2) is 0 Å². The number of unbranched alkanes of at least 4 members (excludes halogenated alkanes) is 1. The second-order valence-corrected chi connectivity index (χ2v) is 14.6. The fourth-order valence-electron chi connectivity index (χ4n) is 1.25. The number of aryl methyl sites for hydroxylation is 2. The van der Waals surface area contributed by atoms with E-state index in [4.69, 9.17) is 0 Å². The molecule has 0 amide bonds. The fraction of sp³-hybridized carbons (Fsp3) is 0.739. The molecule has 2 aromatic carbocycles. The van der Waals surface area contributed by atoms with Crippen molar-refractivity contribution >= 4 is 0 Å². The molecule has 2 rings (SSSR count). The summed E-state index contributed by atoms with van der Waals surface area (Å²) in [6.45, 7) is 51.7. The van der Waals surface area contributed by atoms with Crippen molar-refractivity contribution in [3.63, 3.8) is 0 Å². The highest BCUT2D eigenvalue weighted by Gasteiger charge is 2.03. The quantitative estimate of drug-likeness (QED) is 0.311. The topological polar surface area (TPSA) is 0 Å². The van der Waals surface area contributed by atoms with Crippen LogP contribution in [0, 0.1) is 29.6 Å². The molecule has 0 aliphatic rings. The summed E-state index contributed by atoms with van der Waals surface area (Å²) in [4.78, 5) is 0. The maximum Gasteiger partial charge on any atom is -0.0307 e. The van der Waals surface area contributed by atoms with Crippen molar-refractivity contribution in [2.75, 3.05) is 0 Å². The summed E-state index contributed by atoms with van der Waals surface area (Å²) < 4.78 is 0. The lowest BCUT2D eigenvalue weighted by Crippen LogP contribution is -2.00. The Morgan fingerprint density at radius 2 is 0.739 bits per heavy atom. The van der Waals surface area contributed by atoms with Crippen LogP contribution in [0.2, 0.25) is 0 Å². The Kier molecular flexibility index (Phi) is 72.7. The van der Waals surface area contributed by atoms with Gasteiger partial charge in [-0.05, 0) is 41.6 Å². The van der Waals surface area contributed by atoms with Gasteiger partial charge in [-0.25, -0.2) is 0 Å². The smallest absolute Gasteiger partial charge is 0.0307 e. The Balaban J connectivity index is -0.0000000598. The van der Waals surface area contributed by atoms with Gasteiger partial charge in [-0.1, -0.05) is 258 Å². The summed E-state index contributed by atoms with van der Waals surface area (Å²) in [5.74, 6) is 1.72. The Hall–Kier alpha value is -1.56. The van der Waals surface area contributed by atoms with Gasteiger partial charge >= 0.3 is 0 Å². The zero-order chi connectivity index (χ0) is 38.6. The van der Waals surface area contributed by atoms with Crippen LogP contribution >= 0.6 is 0 Å². The van der Waals surface area contributed by atoms with Crippen molar-refractivity contribution < 1.29 is 0 Å². The number of hydrogen-bond acceptors (Lipinski definition) is 0. The van der Waals surface area contributed by atoms with Gasteiger partial charge in [0.1, 0.15) is 0 Å². The van der Waals surface area contributed by atoms with Crippen molar-refractivity contribution in [2.45, 2.75) is 205 Å². The molecule has 0 bridgehead atoms. The van der Waals surface area contributed by atoms with Gasteiger partial charge in [0, 0.05) is 0 Å². The van der Waals surface area contributed by atoms with Crippen molar-refractivity contribution in [1.29, 1.82) is 0 Å². The van der Waals surface area contributed by atoms with Crippen LogP contribution in [0.3, 0.4) is 0 Å². The Morgan fingerprint density at radius 3 is 0.826 bits per heavy atom. The summed E-state index contributed by atoms with van der Waals surface area (Å²) in [5.41, 5.74) is 3.77. The monoisotopic (exact) mass is 649 g/mol. The van der Waals surface area contributed by atoms with E-state index in [2.05, 4.69) is 175 Å². The predicted molar refractivity (Wildman–Crippen MR) is 227 cm³/mol. The van der Waals surface area contributed by atoms with Crippen molar-refractivity contribution in [1.82, 2.24) is 0 Å². The standard InChI is InChI=1S/C8H10.C7H8.C6H14.2C5H12.2C4H10.C3H8.2C2H6/c1-2-8-6-4-3-5-7-8;1-7-5-3-2-4-6-7;1-5-6(2,3)4;1-5(2,3)4;1-4-5(2)3;1-4(2)3;1-3-4-2;1-3-2;2*1-2/h3-7H,2H2,1H3;2-6H,1H3;5H2,1-4H3;1-4H3;5H,4H2,1-3H3;4H,1-3H3;3-4H2,1-2H3;3H2,1-2H3;2*1-2H3. The SMILES string of the molecule is CC.CC.CC(C)(C)C.CC(C)C.CCC.CCC(C)(C)C.CCC(C)C.CCCC.CCc1ccccc1.Cc1ccccc1. The molecule has 0 atom stereocenters. The van der Waals surface area contributed by atoms with Gasteiger partial charge in [-0.3, -0.25) is 0 Å². The Bertz CT molecular complexity index is 640. The fourth-order valence-corrected chi connectivity index (χ4v) is 1.25. The second-order valence-electron chi connectivity index (χ2n) is 14.6. The molecule has 0 N–H and O–H groups in total. The van der Waals surface area contributed by atoms with Crippen LogP contribution < -0.4 is 0 Å². The molecule has 0 saturated carbocycles.